The van der Waals surface area contributed by atoms with Gasteiger partial charge in [-0.25, -0.2) is 0 Å². The van der Waals surface area contributed by atoms with Gasteiger partial charge in [0.25, 0.3) is 0 Å². The van der Waals surface area contributed by atoms with Crippen molar-refractivity contribution >= 4 is 11.4 Å². The Morgan fingerprint density at radius 2 is 1.69 bits per heavy atom. The molecule has 2 N–H and O–H groups in total. The highest BCUT2D eigenvalue weighted by Gasteiger charge is 2.26. The van der Waals surface area contributed by atoms with Crippen LogP contribution < -0.4 is 10.6 Å². The second kappa shape index (κ2) is 3.41. The minimum absolute atomic E-state index is 0.596. The molecule has 2 heteroatoms. The van der Waals surface area contributed by atoms with E-state index in [1.165, 1.54) is 28.9 Å². The molecule has 1 aromatic carbocycles. The highest BCUT2D eigenvalue weighted by Crippen LogP contribution is 2.36. The van der Waals surface area contributed by atoms with E-state index in [0.29, 0.717) is 18.0 Å². The molecule has 0 bridgehead atoms. The van der Waals surface area contributed by atoms with Crippen molar-refractivity contribution in [1.29, 1.82) is 0 Å². The zero-order chi connectivity index (χ0) is 11.3. The molecule has 3 rings (SSSR count). The predicted octanol–water partition coefficient (Wildman–Crippen LogP) is 3.04. The summed E-state index contributed by atoms with van der Waals surface area (Å²) in [6, 6.07) is 5.92. The van der Waals surface area contributed by atoms with Gasteiger partial charge in [0.05, 0.1) is 0 Å². The zero-order valence-electron chi connectivity index (χ0n) is 10.3. The van der Waals surface area contributed by atoms with Crippen molar-refractivity contribution in [1.82, 2.24) is 0 Å². The Morgan fingerprint density at radius 3 is 2.38 bits per heavy atom. The molecule has 2 aliphatic heterocycles. The normalized spacial score (nSPS) is 26.2. The maximum atomic E-state index is 3.65. The average Bonchev–Trinajstić information content (AvgIpc) is 2.74. The average molecular weight is 216 g/mol. The van der Waals surface area contributed by atoms with E-state index < -0.39 is 0 Å². The van der Waals surface area contributed by atoms with Crippen LogP contribution in [0.3, 0.4) is 0 Å². The van der Waals surface area contributed by atoms with E-state index in [1.54, 1.807) is 0 Å². The van der Waals surface area contributed by atoms with Gasteiger partial charge in [0, 0.05) is 23.5 Å². The van der Waals surface area contributed by atoms with Crippen LogP contribution in [-0.4, -0.2) is 12.1 Å². The molecule has 2 aliphatic rings. The van der Waals surface area contributed by atoms with E-state index in [0.717, 1.165) is 6.42 Å². The van der Waals surface area contributed by atoms with Crippen LogP contribution in [0, 0.1) is 5.92 Å². The molecular weight excluding hydrogens is 196 g/mol. The Balaban J connectivity index is 1.92. The van der Waals surface area contributed by atoms with Crippen molar-refractivity contribution < 1.29 is 0 Å². The summed E-state index contributed by atoms with van der Waals surface area (Å²) < 4.78 is 0. The Hall–Kier alpha value is -1.18. The van der Waals surface area contributed by atoms with Gasteiger partial charge in [0.1, 0.15) is 0 Å². The lowest BCUT2D eigenvalue weighted by atomic mass is 9.99. The van der Waals surface area contributed by atoms with Gasteiger partial charge in [-0.2, -0.15) is 0 Å². The summed E-state index contributed by atoms with van der Waals surface area (Å²) in [5, 5.41) is 7.19. The second-order valence-corrected chi connectivity index (χ2v) is 5.61. The van der Waals surface area contributed by atoms with Gasteiger partial charge in [0.2, 0.25) is 0 Å². The summed E-state index contributed by atoms with van der Waals surface area (Å²) in [7, 11) is 0. The summed E-state index contributed by atoms with van der Waals surface area (Å²) >= 11 is 0. The van der Waals surface area contributed by atoms with Crippen molar-refractivity contribution in [3.05, 3.63) is 23.3 Å². The molecule has 0 saturated carbocycles. The van der Waals surface area contributed by atoms with E-state index in [4.69, 9.17) is 0 Å². The first-order valence-electron chi connectivity index (χ1n) is 6.32. The number of anilines is 2. The van der Waals surface area contributed by atoms with Gasteiger partial charge in [0.15, 0.2) is 0 Å². The first-order chi connectivity index (χ1) is 7.63. The monoisotopic (exact) mass is 216 g/mol. The molecule has 0 radical (unpaired) electrons. The number of nitrogens with one attached hydrogen (secondary N) is 2. The molecule has 0 spiro atoms. The van der Waals surface area contributed by atoms with Crippen molar-refractivity contribution in [2.75, 3.05) is 10.6 Å². The summed E-state index contributed by atoms with van der Waals surface area (Å²) in [6.45, 7) is 6.82. The molecule has 1 aromatic rings. The third-order valence-corrected chi connectivity index (χ3v) is 3.84. The van der Waals surface area contributed by atoms with Gasteiger partial charge < -0.3 is 10.6 Å². The third kappa shape index (κ3) is 1.48. The highest BCUT2D eigenvalue weighted by atomic mass is 15.0. The maximum absolute atomic E-state index is 3.65. The number of hydrogen-bond acceptors (Lipinski definition) is 2. The van der Waals surface area contributed by atoms with Crippen LogP contribution in [0.1, 0.15) is 31.9 Å². The summed E-state index contributed by atoms with van der Waals surface area (Å²) in [6.07, 6.45) is 2.34. The third-order valence-electron chi connectivity index (χ3n) is 3.84. The molecule has 0 fully saturated rings. The van der Waals surface area contributed by atoms with Gasteiger partial charge in [-0.15, -0.1) is 0 Å². The Bertz CT molecular complexity index is 388. The molecule has 0 aromatic heterocycles. The molecule has 0 amide bonds. The zero-order valence-corrected chi connectivity index (χ0v) is 10.3. The molecule has 2 atom stereocenters. The molecule has 86 valence electrons. The van der Waals surface area contributed by atoms with Gasteiger partial charge >= 0.3 is 0 Å². The lowest BCUT2D eigenvalue weighted by molar-refractivity contribution is 0.538. The SMILES string of the molecule is CC1Cc2cc3c(cc2N1)CC(C(C)C)N3. The largest absolute Gasteiger partial charge is 0.382 e. The van der Waals surface area contributed by atoms with Crippen LogP contribution in [0.2, 0.25) is 0 Å². The fourth-order valence-electron chi connectivity index (χ4n) is 2.83. The van der Waals surface area contributed by atoms with Crippen molar-refractivity contribution in [2.45, 2.75) is 45.7 Å². The summed E-state index contributed by atoms with van der Waals surface area (Å²) in [5.74, 6) is 0.703. The Morgan fingerprint density at radius 1 is 1.06 bits per heavy atom. The van der Waals surface area contributed by atoms with E-state index in [-0.39, 0.29) is 0 Å². The van der Waals surface area contributed by atoms with E-state index in [2.05, 4.69) is 43.5 Å². The van der Waals surface area contributed by atoms with E-state index >= 15 is 0 Å². The van der Waals surface area contributed by atoms with Crippen molar-refractivity contribution in [2.24, 2.45) is 5.92 Å². The summed E-state index contributed by atoms with van der Waals surface area (Å²) in [4.78, 5) is 0. The topological polar surface area (TPSA) is 24.1 Å². The Kier molecular flexibility index (Phi) is 2.13. The molecule has 16 heavy (non-hydrogen) atoms. The lowest BCUT2D eigenvalue weighted by Gasteiger charge is -2.14. The van der Waals surface area contributed by atoms with Crippen LogP contribution in [0.4, 0.5) is 11.4 Å². The predicted molar refractivity (Wildman–Crippen MR) is 69.2 cm³/mol. The van der Waals surface area contributed by atoms with E-state index in [9.17, 15) is 0 Å². The fraction of sp³-hybridized carbons (Fsp3) is 0.571. The quantitative estimate of drug-likeness (QED) is 0.754. The first kappa shape index (κ1) is 10.0. The summed E-state index contributed by atoms with van der Waals surface area (Å²) in [5.41, 5.74) is 5.69. The molecule has 2 nitrogen and oxygen atoms in total. The van der Waals surface area contributed by atoms with Crippen LogP contribution in [0.5, 0.6) is 0 Å². The van der Waals surface area contributed by atoms with Crippen molar-refractivity contribution in [3.63, 3.8) is 0 Å². The number of fused-ring (bicyclic) bond motifs is 2. The number of benzene rings is 1. The minimum atomic E-state index is 0.596. The van der Waals surface area contributed by atoms with Crippen LogP contribution in [0.25, 0.3) is 0 Å². The minimum Gasteiger partial charge on any atom is -0.382 e. The molecule has 2 heterocycles. The number of hydrogen-bond donors (Lipinski definition) is 2. The number of rotatable bonds is 1. The second-order valence-electron chi connectivity index (χ2n) is 5.61. The van der Waals surface area contributed by atoms with Crippen LogP contribution in [-0.2, 0) is 12.8 Å². The first-order valence-corrected chi connectivity index (χ1v) is 6.32. The molecular formula is C14H20N2. The lowest BCUT2D eigenvalue weighted by Crippen LogP contribution is -2.21. The maximum Gasteiger partial charge on any atom is 0.0380 e. The van der Waals surface area contributed by atoms with Gasteiger partial charge in [-0.3, -0.25) is 0 Å². The standard InChI is InChI=1S/C14H20N2/c1-8(2)12-5-11-7-13-10(4-9(3)15-13)6-14(11)16-12/h6-9,12,15-16H,4-5H2,1-3H3. The van der Waals surface area contributed by atoms with Crippen LogP contribution in [0.15, 0.2) is 12.1 Å². The van der Waals surface area contributed by atoms with Gasteiger partial charge in [-0.1, -0.05) is 13.8 Å². The van der Waals surface area contributed by atoms with Gasteiger partial charge in [-0.05, 0) is 48.9 Å². The molecule has 0 saturated heterocycles. The van der Waals surface area contributed by atoms with Crippen molar-refractivity contribution in [3.8, 4) is 0 Å². The smallest absolute Gasteiger partial charge is 0.0380 e. The van der Waals surface area contributed by atoms with Crippen LogP contribution >= 0.6 is 0 Å². The molecule has 2 unspecified atom stereocenters. The fourth-order valence-corrected chi connectivity index (χ4v) is 2.83. The molecule has 0 aliphatic carbocycles. The Labute approximate surface area is 97.4 Å². The van der Waals surface area contributed by atoms with E-state index in [1.807, 2.05) is 0 Å². The highest BCUT2D eigenvalue weighted by molar-refractivity contribution is 5.69.